The predicted molar refractivity (Wildman–Crippen MR) is 95.9 cm³/mol. The summed E-state index contributed by atoms with van der Waals surface area (Å²) in [6.45, 7) is 4.46. The van der Waals surface area contributed by atoms with E-state index in [0.717, 1.165) is 9.88 Å². The van der Waals surface area contributed by atoms with Gasteiger partial charge in [-0.05, 0) is 24.5 Å². The van der Waals surface area contributed by atoms with Gasteiger partial charge >= 0.3 is 5.97 Å². The van der Waals surface area contributed by atoms with Crippen LogP contribution < -0.4 is 0 Å². The summed E-state index contributed by atoms with van der Waals surface area (Å²) in [5.74, 6) is -1.07. The van der Waals surface area contributed by atoms with E-state index >= 15 is 0 Å². The second-order valence-corrected chi connectivity index (χ2v) is 8.81. The highest BCUT2D eigenvalue weighted by atomic mass is 35.5. The smallest absolute Gasteiger partial charge is 0.311 e. The summed E-state index contributed by atoms with van der Waals surface area (Å²) in [6.07, 6.45) is 0.475. The third-order valence-corrected chi connectivity index (χ3v) is 6.87. The Morgan fingerprint density at radius 3 is 2.71 bits per heavy atom. The van der Waals surface area contributed by atoms with E-state index in [1.54, 1.807) is 16.3 Å². The lowest BCUT2D eigenvalue weighted by molar-refractivity contribution is -0.150. The van der Waals surface area contributed by atoms with Gasteiger partial charge in [0.05, 0.1) is 14.6 Å². The minimum absolute atomic E-state index is 0.0351. The Labute approximate surface area is 152 Å². The fraction of sp³-hybridized carbons (Fsp3) is 0.438. The lowest BCUT2D eigenvalue weighted by Crippen LogP contribution is -2.40. The topological polar surface area (TPSA) is 70.5 Å². The standard InChI is InChI=1S/C16H17ClN2O3S2/c1-9(2)16(15(21)22)5-6-19(8-16)14(20)10-7-23-13(18-10)11-3-4-12(17)24-11/h3-4,7,9H,5-6,8H2,1-2H3,(H,21,22). The van der Waals surface area contributed by atoms with Gasteiger partial charge in [0.15, 0.2) is 0 Å². The van der Waals surface area contributed by atoms with Crippen LogP contribution in [-0.4, -0.2) is 40.0 Å². The monoisotopic (exact) mass is 384 g/mol. The molecule has 0 spiro atoms. The molecule has 0 saturated carbocycles. The van der Waals surface area contributed by atoms with Crippen molar-refractivity contribution in [2.24, 2.45) is 11.3 Å². The summed E-state index contributed by atoms with van der Waals surface area (Å²) in [5, 5.41) is 12.1. The Kier molecular flexibility index (Phi) is 4.68. The van der Waals surface area contributed by atoms with E-state index in [9.17, 15) is 14.7 Å². The highest BCUT2D eigenvalue weighted by Crippen LogP contribution is 2.39. The number of aliphatic carboxylic acids is 1. The summed E-state index contributed by atoms with van der Waals surface area (Å²) >= 11 is 8.75. The number of thiophene rings is 1. The van der Waals surface area contributed by atoms with Gasteiger partial charge < -0.3 is 10.0 Å². The molecule has 1 aliphatic rings. The molecule has 1 amide bonds. The van der Waals surface area contributed by atoms with Gasteiger partial charge in [0.25, 0.3) is 5.91 Å². The van der Waals surface area contributed by atoms with Crippen molar-refractivity contribution < 1.29 is 14.7 Å². The summed E-state index contributed by atoms with van der Waals surface area (Å²) in [6, 6.07) is 3.68. The van der Waals surface area contributed by atoms with Crippen LogP contribution in [0, 0.1) is 11.3 Å². The average Bonchev–Trinajstić information content (AvgIpc) is 3.25. The molecule has 128 valence electrons. The number of carbonyl (C=O) groups excluding carboxylic acids is 1. The number of carboxylic acid groups (broad SMARTS) is 1. The minimum atomic E-state index is -0.865. The summed E-state index contributed by atoms with van der Waals surface area (Å²) in [4.78, 5) is 31.3. The fourth-order valence-electron chi connectivity index (χ4n) is 2.98. The third-order valence-electron chi connectivity index (χ3n) is 4.63. The molecule has 24 heavy (non-hydrogen) atoms. The van der Waals surface area contributed by atoms with Gasteiger partial charge in [-0.25, -0.2) is 4.98 Å². The van der Waals surface area contributed by atoms with Crippen molar-refractivity contribution in [3.05, 3.63) is 27.5 Å². The van der Waals surface area contributed by atoms with Gasteiger partial charge in [0.2, 0.25) is 0 Å². The molecule has 8 heteroatoms. The van der Waals surface area contributed by atoms with Crippen LogP contribution in [0.4, 0.5) is 0 Å². The Bertz CT molecular complexity index is 786. The van der Waals surface area contributed by atoms with E-state index in [1.807, 2.05) is 19.9 Å². The van der Waals surface area contributed by atoms with Gasteiger partial charge in [-0.3, -0.25) is 9.59 Å². The molecule has 1 fully saturated rings. The Balaban J connectivity index is 1.79. The van der Waals surface area contributed by atoms with Crippen LogP contribution in [-0.2, 0) is 4.79 Å². The summed E-state index contributed by atoms with van der Waals surface area (Å²) in [5.41, 5.74) is -0.500. The molecule has 2 aromatic heterocycles. The number of aromatic nitrogens is 1. The first-order valence-electron chi connectivity index (χ1n) is 7.57. The van der Waals surface area contributed by atoms with Gasteiger partial charge in [0.1, 0.15) is 10.7 Å². The average molecular weight is 385 g/mol. The molecule has 1 saturated heterocycles. The van der Waals surface area contributed by atoms with Crippen LogP contribution in [0.15, 0.2) is 17.5 Å². The second-order valence-electron chi connectivity index (χ2n) is 6.23. The first-order valence-corrected chi connectivity index (χ1v) is 9.65. The molecule has 3 heterocycles. The minimum Gasteiger partial charge on any atom is -0.481 e. The maximum Gasteiger partial charge on any atom is 0.311 e. The summed E-state index contributed by atoms with van der Waals surface area (Å²) in [7, 11) is 0. The molecular formula is C16H17ClN2O3S2. The van der Waals surface area contributed by atoms with E-state index in [0.29, 0.717) is 23.0 Å². The molecule has 1 atom stereocenters. The number of halogens is 1. The van der Waals surface area contributed by atoms with Gasteiger partial charge in [0, 0.05) is 18.5 Å². The molecule has 0 bridgehead atoms. The van der Waals surface area contributed by atoms with Crippen molar-refractivity contribution in [1.82, 2.24) is 9.88 Å². The van der Waals surface area contributed by atoms with Crippen LogP contribution in [0.3, 0.4) is 0 Å². The van der Waals surface area contributed by atoms with Gasteiger partial charge in [-0.15, -0.1) is 22.7 Å². The second kappa shape index (κ2) is 6.46. The van der Waals surface area contributed by atoms with E-state index in [4.69, 9.17) is 11.6 Å². The number of hydrogen-bond donors (Lipinski definition) is 1. The van der Waals surface area contributed by atoms with Crippen molar-refractivity contribution in [1.29, 1.82) is 0 Å². The largest absolute Gasteiger partial charge is 0.481 e. The number of carbonyl (C=O) groups is 2. The number of carboxylic acids is 1. The van der Waals surface area contributed by atoms with E-state index < -0.39 is 11.4 Å². The van der Waals surface area contributed by atoms with Crippen molar-refractivity contribution >= 4 is 46.2 Å². The number of likely N-dealkylation sites (tertiary alicyclic amines) is 1. The zero-order valence-electron chi connectivity index (χ0n) is 13.3. The molecule has 5 nitrogen and oxygen atoms in total. The fourth-order valence-corrected chi connectivity index (χ4v) is 4.88. The SMILES string of the molecule is CC(C)C1(C(=O)O)CCN(C(=O)c2csc(-c3ccc(Cl)s3)n2)C1. The first kappa shape index (κ1) is 17.4. The molecule has 1 aliphatic heterocycles. The number of thiazole rings is 1. The van der Waals surface area contributed by atoms with Gasteiger partial charge in [-0.2, -0.15) is 0 Å². The van der Waals surface area contributed by atoms with E-state index in [2.05, 4.69) is 4.98 Å². The van der Waals surface area contributed by atoms with Crippen LogP contribution in [0.2, 0.25) is 4.34 Å². The highest BCUT2D eigenvalue weighted by Gasteiger charge is 2.48. The maximum atomic E-state index is 12.7. The van der Waals surface area contributed by atoms with Crippen molar-refractivity contribution in [2.45, 2.75) is 20.3 Å². The molecule has 1 unspecified atom stereocenters. The number of nitrogens with zero attached hydrogens (tertiary/aromatic N) is 2. The lowest BCUT2D eigenvalue weighted by Gasteiger charge is -2.28. The maximum absolute atomic E-state index is 12.7. The number of amides is 1. The highest BCUT2D eigenvalue weighted by molar-refractivity contribution is 7.23. The molecule has 3 rings (SSSR count). The molecule has 0 aliphatic carbocycles. The van der Waals surface area contributed by atoms with E-state index in [1.165, 1.54) is 22.7 Å². The molecule has 0 aromatic carbocycles. The molecular weight excluding hydrogens is 368 g/mol. The van der Waals surface area contributed by atoms with Gasteiger partial charge in [-0.1, -0.05) is 25.4 Å². The summed E-state index contributed by atoms with van der Waals surface area (Å²) < 4.78 is 0.677. The number of rotatable bonds is 4. The van der Waals surface area contributed by atoms with Crippen LogP contribution in [0.5, 0.6) is 0 Å². The zero-order valence-corrected chi connectivity index (χ0v) is 15.7. The van der Waals surface area contributed by atoms with Crippen molar-refractivity contribution in [3.63, 3.8) is 0 Å². The van der Waals surface area contributed by atoms with Crippen molar-refractivity contribution in [2.75, 3.05) is 13.1 Å². The Hall–Kier alpha value is -1.44. The van der Waals surface area contributed by atoms with Crippen molar-refractivity contribution in [3.8, 4) is 9.88 Å². The van der Waals surface area contributed by atoms with Crippen LogP contribution >= 0.6 is 34.3 Å². The Morgan fingerprint density at radius 2 is 2.17 bits per heavy atom. The zero-order chi connectivity index (χ0) is 17.5. The lowest BCUT2D eigenvalue weighted by atomic mass is 9.76. The van der Waals surface area contributed by atoms with Crippen LogP contribution in [0.25, 0.3) is 9.88 Å². The Morgan fingerprint density at radius 1 is 1.42 bits per heavy atom. The normalized spacial score (nSPS) is 20.8. The molecule has 0 radical (unpaired) electrons. The molecule has 1 N–H and O–H groups in total. The number of hydrogen-bond acceptors (Lipinski definition) is 5. The first-order chi connectivity index (χ1) is 11.3. The predicted octanol–water partition coefficient (Wildman–Crippen LogP) is 4.10. The van der Waals surface area contributed by atoms with Crippen LogP contribution in [0.1, 0.15) is 30.8 Å². The quantitative estimate of drug-likeness (QED) is 0.861. The molecule has 2 aromatic rings. The van der Waals surface area contributed by atoms with E-state index in [-0.39, 0.29) is 18.4 Å². The third kappa shape index (κ3) is 2.96.